The number of nitrogens with one attached hydrogen (secondary N) is 3. The van der Waals surface area contributed by atoms with E-state index in [2.05, 4.69) is 20.3 Å². The van der Waals surface area contributed by atoms with Crippen molar-refractivity contribution in [1.29, 1.82) is 0 Å². The van der Waals surface area contributed by atoms with Crippen molar-refractivity contribution < 1.29 is 9.53 Å². The van der Waals surface area contributed by atoms with Crippen LogP contribution in [-0.4, -0.2) is 28.0 Å². The number of hydrogen-bond acceptors (Lipinski definition) is 4. The number of carbonyl (C=O) groups excluding carboxylic acids is 1. The monoisotopic (exact) mass is 394 g/mol. The number of hydrogen-bond donors (Lipinski definition) is 3. The number of anilines is 1. The van der Waals surface area contributed by atoms with Crippen LogP contribution < -0.4 is 15.7 Å². The van der Waals surface area contributed by atoms with Gasteiger partial charge in [0.05, 0.1) is 29.4 Å². The van der Waals surface area contributed by atoms with E-state index in [1.165, 1.54) is 6.20 Å². The number of ether oxygens (including phenoxy) is 1. The lowest BCUT2D eigenvalue weighted by Crippen LogP contribution is -2.12. The standard InChI is InChI=1S/C20H15ClN4O3/c1-28-18-7-3-12(21)8-14(18)15-5-2-11(10-22-15)19(26)23-13-4-6-16-17(9-13)25-20(27)24-16/h2-10H,1H3,(H,23,26)(H2,24,25,27). The van der Waals surface area contributed by atoms with Gasteiger partial charge in [-0.2, -0.15) is 0 Å². The van der Waals surface area contributed by atoms with Crippen LogP contribution in [-0.2, 0) is 0 Å². The molecule has 0 aliphatic rings. The van der Waals surface area contributed by atoms with Crippen LogP contribution in [0.1, 0.15) is 10.4 Å². The molecule has 8 heteroatoms. The van der Waals surface area contributed by atoms with Gasteiger partial charge in [-0.3, -0.25) is 9.78 Å². The first-order valence-electron chi connectivity index (χ1n) is 8.37. The molecule has 4 aromatic rings. The maximum atomic E-state index is 12.5. The summed E-state index contributed by atoms with van der Waals surface area (Å²) in [6.07, 6.45) is 1.49. The molecule has 1 amide bonds. The maximum Gasteiger partial charge on any atom is 0.323 e. The number of halogens is 1. The Kier molecular flexibility index (Phi) is 4.58. The van der Waals surface area contributed by atoms with Crippen molar-refractivity contribution in [2.75, 3.05) is 12.4 Å². The summed E-state index contributed by atoms with van der Waals surface area (Å²) in [5.74, 6) is 0.331. The zero-order valence-corrected chi connectivity index (χ0v) is 15.5. The number of aromatic nitrogens is 3. The average Bonchev–Trinajstić information content (AvgIpc) is 3.07. The predicted molar refractivity (Wildman–Crippen MR) is 108 cm³/mol. The second kappa shape index (κ2) is 7.21. The van der Waals surface area contributed by atoms with E-state index in [0.717, 1.165) is 5.56 Å². The Morgan fingerprint density at radius 1 is 1.07 bits per heavy atom. The molecule has 2 aromatic heterocycles. The van der Waals surface area contributed by atoms with E-state index in [0.29, 0.717) is 38.8 Å². The van der Waals surface area contributed by atoms with Gasteiger partial charge in [0.15, 0.2) is 0 Å². The molecule has 0 aliphatic heterocycles. The summed E-state index contributed by atoms with van der Waals surface area (Å²) in [6, 6.07) is 13.8. The van der Waals surface area contributed by atoms with Gasteiger partial charge in [0.1, 0.15) is 5.75 Å². The molecule has 0 saturated heterocycles. The molecule has 0 atom stereocenters. The lowest BCUT2D eigenvalue weighted by atomic mass is 10.1. The van der Waals surface area contributed by atoms with Crippen molar-refractivity contribution in [1.82, 2.24) is 15.0 Å². The van der Waals surface area contributed by atoms with Crippen LogP contribution in [0.2, 0.25) is 5.02 Å². The smallest absolute Gasteiger partial charge is 0.323 e. The Balaban J connectivity index is 1.57. The summed E-state index contributed by atoms with van der Waals surface area (Å²) >= 11 is 6.07. The van der Waals surface area contributed by atoms with Crippen molar-refractivity contribution >= 4 is 34.2 Å². The number of fused-ring (bicyclic) bond motifs is 1. The topological polar surface area (TPSA) is 99.9 Å². The van der Waals surface area contributed by atoms with Crippen LogP contribution in [0.25, 0.3) is 22.3 Å². The van der Waals surface area contributed by atoms with E-state index < -0.39 is 0 Å². The first-order valence-corrected chi connectivity index (χ1v) is 8.74. The van der Waals surface area contributed by atoms with Gasteiger partial charge in [0.2, 0.25) is 0 Å². The van der Waals surface area contributed by atoms with Gasteiger partial charge in [-0.25, -0.2) is 4.79 Å². The van der Waals surface area contributed by atoms with E-state index in [1.54, 1.807) is 55.6 Å². The van der Waals surface area contributed by atoms with E-state index in [9.17, 15) is 9.59 Å². The lowest BCUT2D eigenvalue weighted by molar-refractivity contribution is 0.102. The molecule has 0 unspecified atom stereocenters. The highest BCUT2D eigenvalue weighted by Gasteiger charge is 2.11. The zero-order valence-electron chi connectivity index (χ0n) is 14.7. The molecule has 0 fully saturated rings. The molecule has 0 radical (unpaired) electrons. The Morgan fingerprint density at radius 2 is 1.89 bits per heavy atom. The van der Waals surface area contributed by atoms with Gasteiger partial charge in [-0.05, 0) is 48.5 Å². The van der Waals surface area contributed by atoms with Gasteiger partial charge in [-0.1, -0.05) is 11.6 Å². The van der Waals surface area contributed by atoms with E-state index in [4.69, 9.17) is 16.3 Å². The molecule has 0 spiro atoms. The molecule has 3 N–H and O–H groups in total. The third-order valence-electron chi connectivity index (χ3n) is 4.24. The molecule has 28 heavy (non-hydrogen) atoms. The van der Waals surface area contributed by atoms with Gasteiger partial charge in [0, 0.05) is 22.5 Å². The largest absolute Gasteiger partial charge is 0.496 e. The van der Waals surface area contributed by atoms with Crippen LogP contribution in [0, 0.1) is 0 Å². The highest BCUT2D eigenvalue weighted by molar-refractivity contribution is 6.31. The minimum absolute atomic E-state index is 0.297. The number of rotatable bonds is 4. The first-order chi connectivity index (χ1) is 13.5. The minimum Gasteiger partial charge on any atom is -0.496 e. The van der Waals surface area contributed by atoms with E-state index >= 15 is 0 Å². The van der Waals surface area contributed by atoms with Gasteiger partial charge in [0.25, 0.3) is 5.91 Å². The number of methoxy groups -OCH3 is 1. The lowest BCUT2D eigenvalue weighted by Gasteiger charge is -2.09. The molecule has 4 rings (SSSR count). The average molecular weight is 395 g/mol. The zero-order chi connectivity index (χ0) is 19.7. The normalized spacial score (nSPS) is 10.8. The third kappa shape index (κ3) is 3.47. The molecule has 2 heterocycles. The Hall–Kier alpha value is -3.58. The quantitative estimate of drug-likeness (QED) is 0.489. The fourth-order valence-electron chi connectivity index (χ4n) is 2.88. The second-order valence-corrected chi connectivity index (χ2v) is 6.51. The number of pyridine rings is 1. The van der Waals surface area contributed by atoms with Crippen molar-refractivity contribution in [2.45, 2.75) is 0 Å². The Bertz CT molecular complexity index is 1230. The van der Waals surface area contributed by atoms with Crippen molar-refractivity contribution in [3.8, 4) is 17.0 Å². The predicted octanol–water partition coefficient (Wildman–Crippen LogP) is 3.83. The maximum absolute atomic E-state index is 12.5. The molecule has 0 saturated carbocycles. The number of benzene rings is 2. The summed E-state index contributed by atoms with van der Waals surface area (Å²) in [6.45, 7) is 0. The Labute approximate surface area is 164 Å². The number of aromatic amines is 2. The van der Waals surface area contributed by atoms with E-state index in [1.807, 2.05) is 0 Å². The molecule has 0 aliphatic carbocycles. The minimum atomic E-state index is -0.311. The van der Waals surface area contributed by atoms with Crippen LogP contribution in [0.5, 0.6) is 5.75 Å². The van der Waals surface area contributed by atoms with Crippen LogP contribution in [0.3, 0.4) is 0 Å². The highest BCUT2D eigenvalue weighted by Crippen LogP contribution is 2.31. The fraction of sp³-hybridized carbons (Fsp3) is 0.0500. The molecule has 140 valence electrons. The summed E-state index contributed by atoms with van der Waals surface area (Å²) < 4.78 is 5.34. The van der Waals surface area contributed by atoms with Crippen LogP contribution in [0.4, 0.5) is 5.69 Å². The molecule has 2 aromatic carbocycles. The number of imidazole rings is 1. The van der Waals surface area contributed by atoms with Crippen molar-refractivity contribution in [3.63, 3.8) is 0 Å². The fourth-order valence-corrected chi connectivity index (χ4v) is 3.05. The van der Waals surface area contributed by atoms with Crippen LogP contribution in [0.15, 0.2) is 59.5 Å². The molecule has 0 bridgehead atoms. The summed E-state index contributed by atoms with van der Waals surface area (Å²) in [7, 11) is 1.57. The number of H-pyrrole nitrogens is 2. The number of nitrogens with zero attached hydrogens (tertiary/aromatic N) is 1. The Morgan fingerprint density at radius 3 is 2.64 bits per heavy atom. The third-order valence-corrected chi connectivity index (χ3v) is 4.47. The SMILES string of the molecule is COc1ccc(Cl)cc1-c1ccc(C(=O)Nc2ccc3[nH]c(=O)[nH]c3c2)cn1. The molecular weight excluding hydrogens is 380 g/mol. The van der Waals surface area contributed by atoms with Gasteiger partial charge in [-0.15, -0.1) is 0 Å². The van der Waals surface area contributed by atoms with Gasteiger partial charge < -0.3 is 20.0 Å². The number of carbonyl (C=O) groups is 1. The number of amides is 1. The first kappa shape index (κ1) is 17.8. The van der Waals surface area contributed by atoms with Crippen molar-refractivity contribution in [2.24, 2.45) is 0 Å². The second-order valence-electron chi connectivity index (χ2n) is 6.07. The molecular formula is C20H15ClN4O3. The highest BCUT2D eigenvalue weighted by atomic mass is 35.5. The van der Waals surface area contributed by atoms with Crippen molar-refractivity contribution in [3.05, 3.63) is 75.8 Å². The summed E-state index contributed by atoms with van der Waals surface area (Å²) in [4.78, 5) is 33.5. The molecule has 7 nitrogen and oxygen atoms in total. The summed E-state index contributed by atoms with van der Waals surface area (Å²) in [5, 5.41) is 3.36. The van der Waals surface area contributed by atoms with E-state index in [-0.39, 0.29) is 11.6 Å². The van der Waals surface area contributed by atoms with Crippen LogP contribution >= 0.6 is 11.6 Å². The summed E-state index contributed by atoms with van der Waals surface area (Å²) in [5.41, 5.74) is 3.33. The van der Waals surface area contributed by atoms with Gasteiger partial charge >= 0.3 is 5.69 Å².